The van der Waals surface area contributed by atoms with Crippen LogP contribution in [-0.4, -0.2) is 30.6 Å². The van der Waals surface area contributed by atoms with Gasteiger partial charge < -0.3 is 9.84 Å². The summed E-state index contributed by atoms with van der Waals surface area (Å²) >= 11 is 0. The number of aromatic amines is 1. The van der Waals surface area contributed by atoms with Gasteiger partial charge in [0.25, 0.3) is 11.5 Å². The molecule has 0 spiro atoms. The third-order valence-electron chi connectivity index (χ3n) is 3.70. The van der Waals surface area contributed by atoms with E-state index in [9.17, 15) is 9.59 Å². The van der Waals surface area contributed by atoms with Crippen molar-refractivity contribution < 1.29 is 9.32 Å². The Balaban J connectivity index is 1.83. The summed E-state index contributed by atoms with van der Waals surface area (Å²) in [6, 6.07) is 0.916. The number of amides is 1. The first-order chi connectivity index (χ1) is 11.4. The number of nitrogens with zero attached hydrogens (tertiary/aromatic N) is 4. The molecule has 1 amide bonds. The normalized spacial score (nSPS) is 12.7. The summed E-state index contributed by atoms with van der Waals surface area (Å²) < 4.78 is 6.66. The highest BCUT2D eigenvalue weighted by Crippen LogP contribution is 2.16. The van der Waals surface area contributed by atoms with Crippen LogP contribution in [0.2, 0.25) is 0 Å². The molecule has 0 aromatic carbocycles. The van der Waals surface area contributed by atoms with Crippen molar-refractivity contribution in [3.05, 3.63) is 45.6 Å². The van der Waals surface area contributed by atoms with E-state index in [1.165, 1.54) is 16.8 Å². The maximum atomic E-state index is 12.5. The molecule has 0 unspecified atom stereocenters. The van der Waals surface area contributed by atoms with Gasteiger partial charge in [-0.05, 0) is 13.8 Å². The van der Waals surface area contributed by atoms with Crippen molar-refractivity contribution in [1.29, 1.82) is 0 Å². The van der Waals surface area contributed by atoms with E-state index in [4.69, 9.17) is 4.52 Å². The van der Waals surface area contributed by atoms with Crippen LogP contribution in [0.15, 0.2) is 21.6 Å². The number of H-pyrrole nitrogens is 1. The van der Waals surface area contributed by atoms with Gasteiger partial charge in [0.15, 0.2) is 11.5 Å². The van der Waals surface area contributed by atoms with E-state index < -0.39 is 6.04 Å². The summed E-state index contributed by atoms with van der Waals surface area (Å²) in [6.45, 7) is 7.40. The molecule has 1 atom stereocenters. The van der Waals surface area contributed by atoms with E-state index in [0.29, 0.717) is 28.6 Å². The molecule has 126 valence electrons. The van der Waals surface area contributed by atoms with E-state index in [-0.39, 0.29) is 17.4 Å². The van der Waals surface area contributed by atoms with Gasteiger partial charge in [0.2, 0.25) is 5.89 Å². The molecule has 0 radical (unpaired) electrons. The number of carbonyl (C=O) groups excluding carboxylic acids is 1. The molecular formula is C15H18N6O3. The maximum absolute atomic E-state index is 12.5. The van der Waals surface area contributed by atoms with Crippen LogP contribution in [0.3, 0.4) is 0 Å². The molecule has 0 aliphatic rings. The van der Waals surface area contributed by atoms with Crippen molar-refractivity contribution in [2.45, 2.75) is 39.7 Å². The minimum atomic E-state index is -0.448. The number of nitrogens with one attached hydrogen (secondary N) is 2. The van der Waals surface area contributed by atoms with E-state index in [2.05, 4.69) is 25.5 Å². The molecule has 3 rings (SSSR count). The lowest BCUT2D eigenvalue weighted by molar-refractivity contribution is 0.0931. The first kappa shape index (κ1) is 15.9. The third-order valence-corrected chi connectivity index (χ3v) is 3.70. The molecule has 0 bridgehead atoms. The summed E-state index contributed by atoms with van der Waals surface area (Å²) in [5.74, 6) is 0.737. The molecule has 9 heteroatoms. The molecule has 2 N–H and O–H groups in total. The van der Waals surface area contributed by atoms with Crippen LogP contribution < -0.4 is 10.9 Å². The first-order valence-corrected chi connectivity index (χ1v) is 7.58. The topological polar surface area (TPSA) is 118 Å². The SMILES string of the molecule is Cc1c(C(=O)N[C@@H](C)c2nc(C(C)C)no2)cnc2cc(=O)[nH]n12. The second-order valence-corrected chi connectivity index (χ2v) is 5.91. The quantitative estimate of drug-likeness (QED) is 0.745. The summed E-state index contributed by atoms with van der Waals surface area (Å²) in [7, 11) is 0. The summed E-state index contributed by atoms with van der Waals surface area (Å²) in [6.07, 6.45) is 1.44. The van der Waals surface area contributed by atoms with Gasteiger partial charge in [-0.25, -0.2) is 9.50 Å². The predicted molar refractivity (Wildman–Crippen MR) is 84.8 cm³/mol. The van der Waals surface area contributed by atoms with Gasteiger partial charge in [-0.3, -0.25) is 14.7 Å². The number of aryl methyl sites for hydroxylation is 1. The molecule has 3 heterocycles. The van der Waals surface area contributed by atoms with Crippen LogP contribution in [0.5, 0.6) is 0 Å². The van der Waals surface area contributed by atoms with Crippen molar-refractivity contribution in [2.24, 2.45) is 0 Å². The van der Waals surface area contributed by atoms with Crippen LogP contribution in [0, 0.1) is 6.92 Å². The zero-order chi connectivity index (χ0) is 17.4. The molecule has 3 aromatic rings. The first-order valence-electron chi connectivity index (χ1n) is 7.58. The maximum Gasteiger partial charge on any atom is 0.266 e. The molecule has 0 fully saturated rings. The molecule has 0 aliphatic carbocycles. The van der Waals surface area contributed by atoms with Crippen LogP contribution in [0.25, 0.3) is 5.65 Å². The van der Waals surface area contributed by atoms with Crippen molar-refractivity contribution in [2.75, 3.05) is 0 Å². The molecule has 24 heavy (non-hydrogen) atoms. The summed E-state index contributed by atoms with van der Waals surface area (Å²) in [5.41, 5.74) is 1.12. The molecule has 0 saturated heterocycles. The Morgan fingerprint density at radius 1 is 1.38 bits per heavy atom. The van der Waals surface area contributed by atoms with Gasteiger partial charge in [0.1, 0.15) is 6.04 Å². The lowest BCUT2D eigenvalue weighted by atomic mass is 10.2. The Morgan fingerprint density at radius 3 is 2.79 bits per heavy atom. The average Bonchev–Trinajstić information content (AvgIpc) is 3.13. The highest BCUT2D eigenvalue weighted by molar-refractivity contribution is 5.95. The molecule has 9 nitrogen and oxygen atoms in total. The lowest BCUT2D eigenvalue weighted by Crippen LogP contribution is -2.28. The average molecular weight is 330 g/mol. The van der Waals surface area contributed by atoms with Crippen molar-refractivity contribution in [3.63, 3.8) is 0 Å². The van der Waals surface area contributed by atoms with E-state index in [1.807, 2.05) is 13.8 Å². The van der Waals surface area contributed by atoms with Crippen LogP contribution in [0.1, 0.15) is 60.5 Å². The van der Waals surface area contributed by atoms with E-state index in [0.717, 1.165) is 0 Å². The third kappa shape index (κ3) is 2.80. The molecular weight excluding hydrogens is 312 g/mol. The number of aromatic nitrogens is 5. The molecule has 0 aliphatic heterocycles. The predicted octanol–water partition coefficient (Wildman–Crippen LogP) is 1.33. The number of hydrogen-bond donors (Lipinski definition) is 2. The summed E-state index contributed by atoms with van der Waals surface area (Å²) in [4.78, 5) is 32.3. The fourth-order valence-corrected chi connectivity index (χ4v) is 2.29. The minimum absolute atomic E-state index is 0.143. The Kier molecular flexibility index (Phi) is 3.92. The van der Waals surface area contributed by atoms with E-state index in [1.54, 1.807) is 13.8 Å². The van der Waals surface area contributed by atoms with Crippen molar-refractivity contribution in [3.8, 4) is 0 Å². The second-order valence-electron chi connectivity index (χ2n) is 5.91. The Bertz CT molecular complexity index is 952. The fourth-order valence-electron chi connectivity index (χ4n) is 2.29. The Morgan fingerprint density at radius 2 is 2.12 bits per heavy atom. The number of fused-ring (bicyclic) bond motifs is 1. The van der Waals surface area contributed by atoms with Crippen molar-refractivity contribution in [1.82, 2.24) is 30.1 Å². The second kappa shape index (κ2) is 5.91. The number of rotatable bonds is 4. The summed E-state index contributed by atoms with van der Waals surface area (Å²) in [5, 5.41) is 9.28. The van der Waals surface area contributed by atoms with Crippen molar-refractivity contribution >= 4 is 11.6 Å². The monoisotopic (exact) mass is 330 g/mol. The van der Waals surface area contributed by atoms with Crippen LogP contribution in [-0.2, 0) is 0 Å². The largest absolute Gasteiger partial charge is 0.340 e. The van der Waals surface area contributed by atoms with Crippen LogP contribution in [0.4, 0.5) is 0 Å². The standard InChI is InChI=1S/C15H18N6O3/c1-7(2)13-18-15(24-20-13)8(3)17-14(23)10-6-16-11-5-12(22)19-21(11)9(10)4/h5-8H,1-4H3,(H,17,23)(H,19,22)/t8-/m0/s1. The number of hydrogen-bond acceptors (Lipinski definition) is 6. The minimum Gasteiger partial charge on any atom is -0.340 e. The van der Waals surface area contributed by atoms with Gasteiger partial charge in [0, 0.05) is 18.2 Å². The Hall–Kier alpha value is -2.97. The van der Waals surface area contributed by atoms with Gasteiger partial charge in [0.05, 0.1) is 11.3 Å². The highest BCUT2D eigenvalue weighted by Gasteiger charge is 2.20. The van der Waals surface area contributed by atoms with E-state index >= 15 is 0 Å². The van der Waals surface area contributed by atoms with Gasteiger partial charge >= 0.3 is 0 Å². The fraction of sp³-hybridized carbons (Fsp3) is 0.400. The van der Waals surface area contributed by atoms with Gasteiger partial charge in [-0.2, -0.15) is 4.98 Å². The Labute approximate surface area is 137 Å². The van der Waals surface area contributed by atoms with Gasteiger partial charge in [-0.1, -0.05) is 19.0 Å². The highest BCUT2D eigenvalue weighted by atomic mass is 16.5. The van der Waals surface area contributed by atoms with Crippen LogP contribution >= 0.6 is 0 Å². The molecule has 3 aromatic heterocycles. The lowest BCUT2D eigenvalue weighted by Gasteiger charge is -2.12. The smallest absolute Gasteiger partial charge is 0.266 e. The number of carbonyl (C=O) groups is 1. The zero-order valence-corrected chi connectivity index (χ0v) is 13.8. The molecule has 0 saturated carbocycles. The zero-order valence-electron chi connectivity index (χ0n) is 13.8. The van der Waals surface area contributed by atoms with Gasteiger partial charge in [-0.15, -0.1) is 0 Å².